The number of carbonyl (C=O) groups is 1. The number of hydrogen-bond donors (Lipinski definition) is 0. The molecule has 1 aromatic heterocycles. The van der Waals surface area contributed by atoms with Gasteiger partial charge in [-0.2, -0.15) is 0 Å². The molecule has 1 unspecified atom stereocenters. The summed E-state index contributed by atoms with van der Waals surface area (Å²) in [7, 11) is -1.71. The Labute approximate surface area is 122 Å². The average molecular weight is 306 g/mol. The van der Waals surface area contributed by atoms with Crippen molar-refractivity contribution in [1.29, 1.82) is 0 Å². The van der Waals surface area contributed by atoms with Crippen molar-refractivity contribution in [3.8, 4) is 5.75 Å². The minimum Gasteiger partial charge on any atom is -0.425 e. The summed E-state index contributed by atoms with van der Waals surface area (Å²) >= 11 is 0. The second-order valence-corrected chi connectivity index (χ2v) is 5.31. The molecule has 0 radical (unpaired) electrons. The molecule has 0 amide bonds. The predicted octanol–water partition coefficient (Wildman–Crippen LogP) is 2.08. The first-order valence-corrected chi connectivity index (χ1v) is 6.93. The predicted molar refractivity (Wildman–Crippen MR) is 73.3 cm³/mol. The molecule has 0 aliphatic rings. The highest BCUT2D eigenvalue weighted by Crippen LogP contribution is 2.29. The standard InChI is InChI=1S/C13H10N2O5S/c1-9(16)20-11-8-10(15(17)18)5-6-12(11)21(19)13-4-2-3-7-14-13/h2-8H,1H3. The SMILES string of the molecule is CC(=O)Oc1cc([N+](=O)[O-])ccc1S(=O)c1ccccn1. The Kier molecular flexibility index (Phi) is 4.39. The third-order valence-electron chi connectivity index (χ3n) is 2.42. The van der Waals surface area contributed by atoms with Crippen molar-refractivity contribution in [2.24, 2.45) is 0 Å². The molecule has 7 nitrogen and oxygen atoms in total. The van der Waals surface area contributed by atoms with Crippen LogP contribution >= 0.6 is 0 Å². The third-order valence-corrected chi connectivity index (χ3v) is 3.78. The zero-order valence-corrected chi connectivity index (χ0v) is 11.7. The fourth-order valence-corrected chi connectivity index (χ4v) is 2.63. The summed E-state index contributed by atoms with van der Waals surface area (Å²) in [5, 5.41) is 11.0. The highest BCUT2D eigenvalue weighted by atomic mass is 32.2. The van der Waals surface area contributed by atoms with E-state index in [9.17, 15) is 19.1 Å². The van der Waals surface area contributed by atoms with Gasteiger partial charge in [0.1, 0.15) is 15.8 Å². The zero-order valence-electron chi connectivity index (χ0n) is 10.9. The number of non-ortho nitro benzene ring substituents is 1. The lowest BCUT2D eigenvalue weighted by atomic mass is 10.3. The lowest BCUT2D eigenvalue weighted by Gasteiger charge is -2.08. The Morgan fingerprint density at radius 2 is 2.10 bits per heavy atom. The number of hydrogen-bond acceptors (Lipinski definition) is 6. The number of pyridine rings is 1. The van der Waals surface area contributed by atoms with Gasteiger partial charge in [-0.25, -0.2) is 9.19 Å². The normalized spacial score (nSPS) is 11.7. The molecule has 0 saturated heterocycles. The van der Waals surface area contributed by atoms with Crippen LogP contribution in [0.2, 0.25) is 0 Å². The second-order valence-electron chi connectivity index (χ2n) is 3.92. The molecule has 8 heteroatoms. The molecule has 2 aromatic rings. The first kappa shape index (κ1) is 14.8. The summed E-state index contributed by atoms with van der Waals surface area (Å²) < 4.78 is 17.3. The van der Waals surface area contributed by atoms with Crippen molar-refractivity contribution in [3.05, 3.63) is 52.7 Å². The summed E-state index contributed by atoms with van der Waals surface area (Å²) in [5.74, 6) is -0.768. The summed E-state index contributed by atoms with van der Waals surface area (Å²) in [6, 6.07) is 8.44. The maximum absolute atomic E-state index is 12.4. The van der Waals surface area contributed by atoms with Gasteiger partial charge in [-0.3, -0.25) is 14.9 Å². The number of ether oxygens (including phenoxy) is 1. The largest absolute Gasteiger partial charge is 0.425 e. The van der Waals surface area contributed by atoms with Crippen molar-refractivity contribution >= 4 is 22.5 Å². The van der Waals surface area contributed by atoms with E-state index in [0.29, 0.717) is 0 Å². The average Bonchev–Trinajstić information content (AvgIpc) is 2.46. The molecule has 0 saturated carbocycles. The van der Waals surface area contributed by atoms with Crippen LogP contribution in [0.5, 0.6) is 5.75 Å². The van der Waals surface area contributed by atoms with Crippen LogP contribution in [-0.4, -0.2) is 20.1 Å². The molecule has 2 rings (SSSR count). The van der Waals surface area contributed by atoms with E-state index >= 15 is 0 Å². The van der Waals surface area contributed by atoms with Gasteiger partial charge >= 0.3 is 5.97 Å². The maximum atomic E-state index is 12.4. The van der Waals surface area contributed by atoms with Gasteiger partial charge in [0.05, 0.1) is 15.9 Å². The highest BCUT2D eigenvalue weighted by Gasteiger charge is 2.19. The van der Waals surface area contributed by atoms with Crippen molar-refractivity contribution in [2.45, 2.75) is 16.8 Å². The van der Waals surface area contributed by atoms with Crippen molar-refractivity contribution in [2.75, 3.05) is 0 Å². The van der Waals surface area contributed by atoms with Gasteiger partial charge < -0.3 is 4.74 Å². The van der Waals surface area contributed by atoms with E-state index in [-0.39, 0.29) is 21.4 Å². The monoisotopic (exact) mass is 306 g/mol. The Bertz CT molecular complexity index is 718. The zero-order chi connectivity index (χ0) is 15.4. The van der Waals surface area contributed by atoms with E-state index in [1.807, 2.05) is 0 Å². The molecule has 0 aliphatic carbocycles. The highest BCUT2D eigenvalue weighted by molar-refractivity contribution is 7.85. The number of nitro groups is 1. The summed E-state index contributed by atoms with van der Waals surface area (Å²) in [6.45, 7) is 1.16. The smallest absolute Gasteiger partial charge is 0.308 e. The number of carbonyl (C=O) groups excluding carboxylic acids is 1. The number of nitro benzene ring substituents is 1. The van der Waals surface area contributed by atoms with Crippen molar-refractivity contribution < 1.29 is 18.7 Å². The molecule has 0 bridgehead atoms. The number of benzene rings is 1. The molecule has 108 valence electrons. The number of aromatic nitrogens is 1. The van der Waals surface area contributed by atoms with Gasteiger partial charge in [0.2, 0.25) is 0 Å². The van der Waals surface area contributed by atoms with Crippen LogP contribution in [-0.2, 0) is 15.6 Å². The van der Waals surface area contributed by atoms with Gasteiger partial charge in [0.25, 0.3) is 5.69 Å². The molecule has 0 aliphatic heterocycles. The van der Waals surface area contributed by atoms with Gasteiger partial charge in [-0.05, 0) is 18.2 Å². The molecule has 0 fully saturated rings. The van der Waals surface area contributed by atoms with E-state index in [1.165, 1.54) is 18.3 Å². The minimum absolute atomic E-state index is 0.110. The van der Waals surface area contributed by atoms with Crippen molar-refractivity contribution in [1.82, 2.24) is 4.98 Å². The van der Waals surface area contributed by atoms with Gasteiger partial charge in [-0.15, -0.1) is 0 Å². The van der Waals surface area contributed by atoms with E-state index in [2.05, 4.69) is 4.98 Å². The van der Waals surface area contributed by atoms with Crippen LogP contribution in [0.25, 0.3) is 0 Å². The maximum Gasteiger partial charge on any atom is 0.308 e. The minimum atomic E-state index is -1.71. The quantitative estimate of drug-likeness (QED) is 0.371. The number of esters is 1. The Hall–Kier alpha value is -2.61. The van der Waals surface area contributed by atoms with E-state index < -0.39 is 21.7 Å². The topological polar surface area (TPSA) is 99.4 Å². The van der Waals surface area contributed by atoms with E-state index in [4.69, 9.17) is 4.74 Å². The lowest BCUT2D eigenvalue weighted by molar-refractivity contribution is -0.385. The fourth-order valence-electron chi connectivity index (χ4n) is 1.57. The lowest BCUT2D eigenvalue weighted by Crippen LogP contribution is -2.06. The molecule has 21 heavy (non-hydrogen) atoms. The molecular weight excluding hydrogens is 296 g/mol. The summed E-state index contributed by atoms with van der Waals surface area (Å²) in [6.07, 6.45) is 1.48. The second kappa shape index (κ2) is 6.23. The number of nitrogens with zero attached hydrogens (tertiary/aromatic N) is 2. The van der Waals surface area contributed by atoms with Crippen LogP contribution in [0.3, 0.4) is 0 Å². The Balaban J connectivity index is 2.49. The van der Waals surface area contributed by atoms with E-state index in [1.54, 1.807) is 18.2 Å². The number of rotatable bonds is 4. The molecule has 1 aromatic carbocycles. The Morgan fingerprint density at radius 1 is 1.33 bits per heavy atom. The molecule has 1 atom stereocenters. The van der Waals surface area contributed by atoms with E-state index in [0.717, 1.165) is 13.0 Å². The first-order chi connectivity index (χ1) is 9.99. The van der Waals surface area contributed by atoms with Crippen molar-refractivity contribution in [3.63, 3.8) is 0 Å². The van der Waals surface area contributed by atoms with Crippen LogP contribution in [0, 0.1) is 10.1 Å². The molecule has 1 heterocycles. The Morgan fingerprint density at radius 3 is 2.67 bits per heavy atom. The van der Waals surface area contributed by atoms with Gasteiger partial charge in [0, 0.05) is 19.2 Å². The first-order valence-electron chi connectivity index (χ1n) is 5.78. The molecular formula is C13H10N2O5S. The van der Waals surface area contributed by atoms with Gasteiger partial charge in [-0.1, -0.05) is 6.07 Å². The van der Waals surface area contributed by atoms with Crippen LogP contribution in [0.15, 0.2) is 52.5 Å². The third kappa shape index (κ3) is 3.48. The van der Waals surface area contributed by atoms with Crippen LogP contribution in [0.4, 0.5) is 5.69 Å². The van der Waals surface area contributed by atoms with Crippen LogP contribution in [0.1, 0.15) is 6.92 Å². The molecule has 0 spiro atoms. The van der Waals surface area contributed by atoms with Crippen LogP contribution < -0.4 is 4.74 Å². The van der Waals surface area contributed by atoms with Gasteiger partial charge in [0.15, 0.2) is 5.75 Å². The summed E-state index contributed by atoms with van der Waals surface area (Å²) in [5.41, 5.74) is -0.256. The molecule has 0 N–H and O–H groups in total. The summed E-state index contributed by atoms with van der Waals surface area (Å²) in [4.78, 5) is 25.3. The fraction of sp³-hybridized carbons (Fsp3) is 0.0769.